The van der Waals surface area contributed by atoms with Crippen molar-refractivity contribution in [3.8, 4) is 33.4 Å². The van der Waals surface area contributed by atoms with Gasteiger partial charge in [-0.25, -0.2) is 0 Å². The van der Waals surface area contributed by atoms with Crippen LogP contribution in [0.1, 0.15) is 25.0 Å². The summed E-state index contributed by atoms with van der Waals surface area (Å²) < 4.78 is 0. The lowest BCUT2D eigenvalue weighted by molar-refractivity contribution is 0.645. The van der Waals surface area contributed by atoms with Crippen molar-refractivity contribution in [3.05, 3.63) is 169 Å². The van der Waals surface area contributed by atoms with Crippen molar-refractivity contribution >= 4 is 53.9 Å². The first-order valence-corrected chi connectivity index (χ1v) is 16.6. The molecule has 0 nitrogen and oxygen atoms in total. The minimum absolute atomic E-state index is 0.0751. The zero-order valence-corrected chi connectivity index (χ0v) is 26.5. The predicted octanol–water partition coefficient (Wildman–Crippen LogP) is 13.1. The number of fused-ring (bicyclic) bond motifs is 7. The predicted molar refractivity (Wildman–Crippen MR) is 202 cm³/mol. The van der Waals surface area contributed by atoms with Gasteiger partial charge in [-0.1, -0.05) is 159 Å². The molecule has 0 saturated heterocycles. The van der Waals surface area contributed by atoms with E-state index >= 15 is 0 Å². The molecule has 1 aliphatic rings. The van der Waals surface area contributed by atoms with Gasteiger partial charge in [0.05, 0.1) is 0 Å². The molecule has 0 spiro atoms. The fraction of sp³-hybridized carbons (Fsp3) is 0.0638. The summed E-state index contributed by atoms with van der Waals surface area (Å²) in [5.41, 5.74) is 10.5. The number of hydrogen-bond acceptors (Lipinski definition) is 0. The van der Waals surface area contributed by atoms with Crippen molar-refractivity contribution in [2.24, 2.45) is 0 Å². The van der Waals surface area contributed by atoms with E-state index < -0.39 is 0 Å². The quantitative estimate of drug-likeness (QED) is 0.138. The Bertz CT molecular complexity index is 2750. The highest BCUT2D eigenvalue weighted by Gasteiger charge is 2.33. The van der Waals surface area contributed by atoms with Crippen LogP contribution < -0.4 is 0 Å². The Morgan fingerprint density at radius 1 is 0.340 bits per heavy atom. The number of benzene rings is 9. The van der Waals surface area contributed by atoms with Gasteiger partial charge >= 0.3 is 0 Å². The molecule has 10 rings (SSSR count). The molecule has 9 aromatic carbocycles. The lowest BCUT2D eigenvalue weighted by Crippen LogP contribution is -2.23. The third-order valence-electron chi connectivity index (χ3n) is 10.8. The van der Waals surface area contributed by atoms with Gasteiger partial charge in [0.2, 0.25) is 0 Å². The lowest BCUT2D eigenvalue weighted by atomic mass is 9.68. The summed E-state index contributed by atoms with van der Waals surface area (Å²) in [6.07, 6.45) is 0. The molecule has 0 aromatic heterocycles. The third kappa shape index (κ3) is 3.70. The zero-order chi connectivity index (χ0) is 31.3. The molecule has 0 fully saturated rings. The highest BCUT2D eigenvalue weighted by Crippen LogP contribution is 2.50. The summed E-state index contributed by atoms with van der Waals surface area (Å²) >= 11 is 0. The molecule has 0 saturated carbocycles. The van der Waals surface area contributed by atoms with E-state index in [4.69, 9.17) is 0 Å². The molecule has 0 N–H and O–H groups in total. The van der Waals surface area contributed by atoms with Crippen LogP contribution in [0.3, 0.4) is 0 Å². The van der Waals surface area contributed by atoms with Crippen LogP contribution in [-0.4, -0.2) is 0 Å². The van der Waals surface area contributed by atoms with Crippen molar-refractivity contribution in [1.82, 2.24) is 0 Å². The molecule has 9 aromatic rings. The van der Waals surface area contributed by atoms with Crippen LogP contribution in [0.25, 0.3) is 87.2 Å². The molecule has 0 aliphatic heterocycles. The SMILES string of the molecule is CC1(C)c2ccccc2-c2cccc3c(-c4ccc5cc6c(ccc7ccccc76)c(-c6cccc7ccccc67)c5c4)ccc1c23. The number of rotatable bonds is 2. The van der Waals surface area contributed by atoms with Crippen LogP contribution in [0, 0.1) is 0 Å². The van der Waals surface area contributed by atoms with Crippen molar-refractivity contribution in [2.75, 3.05) is 0 Å². The molecule has 0 radical (unpaired) electrons. The van der Waals surface area contributed by atoms with Crippen LogP contribution in [0.2, 0.25) is 0 Å². The first-order chi connectivity index (χ1) is 23.1. The number of hydrogen-bond donors (Lipinski definition) is 0. The monoisotopic (exact) mass is 596 g/mol. The standard InChI is InChI=1S/C47H32/c1-47(2)43-20-8-7-16-36(43)39-19-10-18-38-35(25-26-44(47)46(38)39)31-21-22-32-28-42-34-15-6-4-12-30(34)23-24-40(42)45(41(32)27-31)37-17-9-13-29-11-3-5-14-33(29)37/h3-28H,1-2H3. The van der Waals surface area contributed by atoms with E-state index in [0.29, 0.717) is 0 Å². The summed E-state index contributed by atoms with van der Waals surface area (Å²) in [6, 6.07) is 59.0. The Balaban J connectivity index is 1.31. The van der Waals surface area contributed by atoms with Gasteiger partial charge < -0.3 is 0 Å². The summed E-state index contributed by atoms with van der Waals surface area (Å²) in [4.78, 5) is 0. The maximum absolute atomic E-state index is 2.45. The van der Waals surface area contributed by atoms with Crippen LogP contribution >= 0.6 is 0 Å². The van der Waals surface area contributed by atoms with E-state index in [2.05, 4.69) is 172 Å². The van der Waals surface area contributed by atoms with Gasteiger partial charge in [-0.2, -0.15) is 0 Å². The molecule has 0 atom stereocenters. The minimum atomic E-state index is -0.0751. The third-order valence-corrected chi connectivity index (χ3v) is 10.8. The van der Waals surface area contributed by atoms with E-state index in [1.807, 2.05) is 0 Å². The Morgan fingerprint density at radius 2 is 1.00 bits per heavy atom. The largest absolute Gasteiger partial charge is 0.0619 e. The maximum atomic E-state index is 2.45. The van der Waals surface area contributed by atoms with Gasteiger partial charge in [-0.15, -0.1) is 0 Å². The average molecular weight is 597 g/mol. The highest BCUT2D eigenvalue weighted by molar-refractivity contribution is 6.23. The van der Waals surface area contributed by atoms with Gasteiger partial charge in [-0.05, 0) is 111 Å². The summed E-state index contributed by atoms with van der Waals surface area (Å²) in [5.74, 6) is 0. The van der Waals surface area contributed by atoms with Gasteiger partial charge in [0, 0.05) is 5.41 Å². The lowest BCUT2D eigenvalue weighted by Gasteiger charge is -2.35. The molecule has 0 bridgehead atoms. The summed E-state index contributed by atoms with van der Waals surface area (Å²) in [7, 11) is 0. The second-order valence-corrected chi connectivity index (χ2v) is 13.7. The smallest absolute Gasteiger partial charge is 0.0159 e. The second kappa shape index (κ2) is 9.64. The van der Waals surface area contributed by atoms with Gasteiger partial charge in [0.15, 0.2) is 0 Å². The maximum Gasteiger partial charge on any atom is 0.0159 e. The van der Waals surface area contributed by atoms with Gasteiger partial charge in [-0.3, -0.25) is 0 Å². The van der Waals surface area contributed by atoms with Crippen LogP contribution in [-0.2, 0) is 5.41 Å². The Kier molecular flexibility index (Phi) is 5.44. The second-order valence-electron chi connectivity index (χ2n) is 13.7. The van der Waals surface area contributed by atoms with Crippen LogP contribution in [0.5, 0.6) is 0 Å². The van der Waals surface area contributed by atoms with Crippen molar-refractivity contribution in [3.63, 3.8) is 0 Å². The Hall–Kier alpha value is -5.72. The van der Waals surface area contributed by atoms with Gasteiger partial charge in [0.25, 0.3) is 0 Å². The molecule has 0 unspecified atom stereocenters. The van der Waals surface area contributed by atoms with Crippen molar-refractivity contribution < 1.29 is 0 Å². The highest BCUT2D eigenvalue weighted by atomic mass is 14.4. The van der Waals surface area contributed by atoms with Gasteiger partial charge in [0.1, 0.15) is 0 Å². The topological polar surface area (TPSA) is 0 Å². The molecule has 47 heavy (non-hydrogen) atoms. The first kappa shape index (κ1) is 26.5. The Morgan fingerprint density at radius 3 is 1.89 bits per heavy atom. The van der Waals surface area contributed by atoms with E-state index in [-0.39, 0.29) is 5.41 Å². The average Bonchev–Trinajstić information content (AvgIpc) is 3.12. The van der Waals surface area contributed by atoms with E-state index in [9.17, 15) is 0 Å². The van der Waals surface area contributed by atoms with Crippen molar-refractivity contribution in [2.45, 2.75) is 19.3 Å². The fourth-order valence-electron chi connectivity index (χ4n) is 8.58. The van der Waals surface area contributed by atoms with E-state index in [0.717, 1.165) is 0 Å². The molecule has 220 valence electrons. The summed E-state index contributed by atoms with van der Waals surface area (Å²) in [5, 5.41) is 13.0. The zero-order valence-electron chi connectivity index (χ0n) is 26.5. The summed E-state index contributed by atoms with van der Waals surface area (Å²) in [6.45, 7) is 4.75. The molecule has 1 aliphatic carbocycles. The molecular weight excluding hydrogens is 565 g/mol. The van der Waals surface area contributed by atoms with Crippen molar-refractivity contribution in [1.29, 1.82) is 0 Å². The van der Waals surface area contributed by atoms with E-state index in [1.165, 1.54) is 98.4 Å². The first-order valence-electron chi connectivity index (χ1n) is 16.6. The Labute approximate surface area is 274 Å². The molecular formula is C47H32. The fourth-order valence-corrected chi connectivity index (χ4v) is 8.58. The molecule has 0 amide bonds. The van der Waals surface area contributed by atoms with Crippen LogP contribution in [0.4, 0.5) is 0 Å². The normalized spacial score (nSPS) is 13.5. The van der Waals surface area contributed by atoms with E-state index in [1.54, 1.807) is 0 Å². The minimum Gasteiger partial charge on any atom is -0.0619 e. The van der Waals surface area contributed by atoms with Crippen LogP contribution in [0.15, 0.2) is 158 Å². The molecule has 0 heterocycles. The molecule has 0 heteroatoms.